The maximum atomic E-state index is 13.8. The van der Waals surface area contributed by atoms with Gasteiger partial charge in [-0.25, -0.2) is 17.2 Å². The molecule has 0 spiro atoms. The van der Waals surface area contributed by atoms with Gasteiger partial charge >= 0.3 is 0 Å². The molecule has 0 fully saturated rings. The molecule has 6 heteroatoms. The molecule has 0 amide bonds. The highest BCUT2D eigenvalue weighted by Crippen LogP contribution is 2.43. The molecular weight excluding hydrogens is 260 g/mol. The standard InChI is InChI=1S/C12H15F2NO2S/c1-3-9-11(15-4-2)10-7(13)5-6-8(14)12(10)18(9,16)17/h5-6,9,11,15H,3-4H2,1-2H3. The zero-order valence-corrected chi connectivity index (χ0v) is 11.0. The number of hydrogen-bond donors (Lipinski definition) is 1. The lowest BCUT2D eigenvalue weighted by atomic mass is 10.0. The van der Waals surface area contributed by atoms with Crippen LogP contribution in [0.25, 0.3) is 0 Å². The molecule has 3 nitrogen and oxygen atoms in total. The maximum Gasteiger partial charge on any atom is 0.186 e. The molecule has 1 N–H and O–H groups in total. The van der Waals surface area contributed by atoms with Crippen molar-refractivity contribution in [1.82, 2.24) is 5.32 Å². The monoisotopic (exact) mass is 275 g/mol. The second-order valence-corrected chi connectivity index (χ2v) is 6.40. The van der Waals surface area contributed by atoms with Crippen molar-refractivity contribution >= 4 is 9.84 Å². The van der Waals surface area contributed by atoms with Gasteiger partial charge in [0.25, 0.3) is 0 Å². The van der Waals surface area contributed by atoms with E-state index in [9.17, 15) is 17.2 Å². The van der Waals surface area contributed by atoms with E-state index in [1.165, 1.54) is 0 Å². The number of benzene rings is 1. The number of hydrogen-bond acceptors (Lipinski definition) is 3. The van der Waals surface area contributed by atoms with E-state index in [4.69, 9.17) is 0 Å². The van der Waals surface area contributed by atoms with Gasteiger partial charge in [-0.15, -0.1) is 0 Å². The predicted molar refractivity (Wildman–Crippen MR) is 64.0 cm³/mol. The zero-order chi connectivity index (χ0) is 13.5. The summed E-state index contributed by atoms with van der Waals surface area (Å²) in [5, 5.41) is 2.13. The Bertz CT molecular complexity index is 572. The van der Waals surface area contributed by atoms with Crippen molar-refractivity contribution in [2.75, 3.05) is 6.54 Å². The molecule has 1 aliphatic heterocycles. The van der Waals surface area contributed by atoms with E-state index in [0.717, 1.165) is 12.1 Å². The van der Waals surface area contributed by atoms with E-state index < -0.39 is 37.7 Å². The largest absolute Gasteiger partial charge is 0.309 e. The van der Waals surface area contributed by atoms with Crippen molar-refractivity contribution in [1.29, 1.82) is 0 Å². The fourth-order valence-electron chi connectivity index (χ4n) is 2.55. The van der Waals surface area contributed by atoms with E-state index in [1.807, 2.05) is 0 Å². The molecule has 2 rings (SSSR count). The number of halogens is 2. The summed E-state index contributed by atoms with van der Waals surface area (Å²) in [6.07, 6.45) is 0.313. The summed E-state index contributed by atoms with van der Waals surface area (Å²) >= 11 is 0. The third kappa shape index (κ3) is 1.75. The summed E-state index contributed by atoms with van der Waals surface area (Å²) in [6, 6.07) is 1.18. The van der Waals surface area contributed by atoms with Gasteiger partial charge in [0, 0.05) is 5.56 Å². The summed E-state index contributed by atoms with van der Waals surface area (Å²) in [5.41, 5.74) is -0.0521. The van der Waals surface area contributed by atoms with Gasteiger partial charge in [0.05, 0.1) is 11.3 Å². The van der Waals surface area contributed by atoms with Gasteiger partial charge in [-0.3, -0.25) is 0 Å². The fourth-order valence-corrected chi connectivity index (χ4v) is 4.76. The lowest BCUT2D eigenvalue weighted by Gasteiger charge is -2.18. The highest BCUT2D eigenvalue weighted by molar-refractivity contribution is 7.92. The minimum absolute atomic E-state index is 0.0521. The molecule has 1 aromatic rings. The SMILES string of the molecule is CCNC1c2c(F)ccc(F)c2S(=O)(=O)C1CC. The van der Waals surface area contributed by atoms with Gasteiger partial charge in [0.1, 0.15) is 16.5 Å². The molecule has 0 aliphatic carbocycles. The van der Waals surface area contributed by atoms with Crippen molar-refractivity contribution in [2.45, 2.75) is 36.5 Å². The minimum atomic E-state index is -3.80. The number of rotatable bonds is 3. The van der Waals surface area contributed by atoms with E-state index in [-0.39, 0.29) is 5.56 Å². The first-order valence-corrected chi connectivity index (χ1v) is 7.44. The molecule has 0 saturated heterocycles. The second-order valence-electron chi connectivity index (χ2n) is 4.30. The van der Waals surface area contributed by atoms with E-state index in [1.54, 1.807) is 13.8 Å². The van der Waals surface area contributed by atoms with Crippen LogP contribution in [0.15, 0.2) is 17.0 Å². The van der Waals surface area contributed by atoms with Crippen LogP contribution in [0, 0.1) is 11.6 Å². The molecule has 1 aliphatic rings. The van der Waals surface area contributed by atoms with Crippen LogP contribution in [-0.2, 0) is 9.84 Å². The van der Waals surface area contributed by atoms with E-state index in [2.05, 4.69) is 5.32 Å². The van der Waals surface area contributed by atoms with Crippen molar-refractivity contribution in [3.63, 3.8) is 0 Å². The first-order valence-electron chi connectivity index (χ1n) is 5.90. The molecular formula is C12H15F2NO2S. The second kappa shape index (κ2) is 4.59. The summed E-state index contributed by atoms with van der Waals surface area (Å²) in [6.45, 7) is 3.99. The van der Waals surface area contributed by atoms with Crippen LogP contribution in [0.5, 0.6) is 0 Å². The number of sulfone groups is 1. The third-order valence-corrected chi connectivity index (χ3v) is 5.67. The molecule has 0 aromatic heterocycles. The lowest BCUT2D eigenvalue weighted by Crippen LogP contribution is -2.31. The summed E-state index contributed by atoms with van der Waals surface area (Å²) in [4.78, 5) is -0.472. The van der Waals surface area contributed by atoms with Crippen LogP contribution in [-0.4, -0.2) is 20.2 Å². The number of fused-ring (bicyclic) bond motifs is 1. The molecule has 1 heterocycles. The fraction of sp³-hybridized carbons (Fsp3) is 0.500. The first kappa shape index (κ1) is 13.4. The molecule has 100 valence electrons. The first-order chi connectivity index (χ1) is 8.45. The summed E-state index contributed by atoms with van der Waals surface area (Å²) in [7, 11) is -3.80. The highest BCUT2D eigenvalue weighted by Gasteiger charge is 2.47. The average molecular weight is 275 g/mol. The molecule has 1 aromatic carbocycles. The van der Waals surface area contributed by atoms with Crippen LogP contribution >= 0.6 is 0 Å². The zero-order valence-electron chi connectivity index (χ0n) is 10.2. The highest BCUT2D eigenvalue weighted by atomic mass is 32.2. The van der Waals surface area contributed by atoms with E-state index >= 15 is 0 Å². The van der Waals surface area contributed by atoms with Crippen LogP contribution < -0.4 is 5.32 Å². The Kier molecular flexibility index (Phi) is 3.42. The Balaban J connectivity index is 2.73. The Morgan fingerprint density at radius 3 is 2.39 bits per heavy atom. The Hall–Kier alpha value is -1.01. The van der Waals surface area contributed by atoms with Crippen molar-refractivity contribution in [3.05, 3.63) is 29.3 Å². The normalized spacial score (nSPS) is 25.1. The molecule has 2 unspecified atom stereocenters. The van der Waals surface area contributed by atoms with Crippen molar-refractivity contribution < 1.29 is 17.2 Å². The average Bonchev–Trinajstić information content (AvgIpc) is 2.53. The van der Waals surface area contributed by atoms with Gasteiger partial charge in [0.15, 0.2) is 9.84 Å². The van der Waals surface area contributed by atoms with Crippen molar-refractivity contribution in [2.24, 2.45) is 0 Å². The van der Waals surface area contributed by atoms with E-state index in [0.29, 0.717) is 13.0 Å². The number of nitrogens with one attached hydrogen (secondary N) is 1. The van der Waals surface area contributed by atoms with Crippen LogP contribution in [0.3, 0.4) is 0 Å². The molecule has 0 bridgehead atoms. The van der Waals surface area contributed by atoms with Gasteiger partial charge in [-0.1, -0.05) is 13.8 Å². The Morgan fingerprint density at radius 1 is 1.22 bits per heavy atom. The van der Waals surface area contributed by atoms with Crippen LogP contribution in [0.1, 0.15) is 31.9 Å². The quantitative estimate of drug-likeness (QED) is 0.919. The molecule has 18 heavy (non-hydrogen) atoms. The molecule has 0 radical (unpaired) electrons. The Labute approximate surface area is 105 Å². The molecule has 0 saturated carbocycles. The van der Waals surface area contributed by atoms with Gasteiger partial charge in [0.2, 0.25) is 0 Å². The minimum Gasteiger partial charge on any atom is -0.309 e. The Morgan fingerprint density at radius 2 is 1.83 bits per heavy atom. The predicted octanol–water partition coefficient (Wildman–Crippen LogP) is 2.18. The third-order valence-electron chi connectivity index (χ3n) is 3.29. The smallest absolute Gasteiger partial charge is 0.186 e. The van der Waals surface area contributed by atoms with Crippen LogP contribution in [0.2, 0.25) is 0 Å². The maximum absolute atomic E-state index is 13.8. The van der Waals surface area contributed by atoms with Crippen molar-refractivity contribution in [3.8, 4) is 0 Å². The topological polar surface area (TPSA) is 46.2 Å². The van der Waals surface area contributed by atoms with Gasteiger partial charge in [-0.05, 0) is 25.1 Å². The lowest BCUT2D eigenvalue weighted by molar-refractivity contribution is 0.479. The van der Waals surface area contributed by atoms with Gasteiger partial charge < -0.3 is 5.32 Å². The van der Waals surface area contributed by atoms with Crippen LogP contribution in [0.4, 0.5) is 8.78 Å². The molecule has 2 atom stereocenters. The summed E-state index contributed by atoms with van der Waals surface area (Å²) in [5.74, 6) is -1.54. The van der Waals surface area contributed by atoms with Gasteiger partial charge in [-0.2, -0.15) is 0 Å². The summed E-state index contributed by atoms with van der Waals surface area (Å²) < 4.78 is 52.0.